The number of nitrogens with zero attached hydrogens (tertiary/aromatic N) is 3. The van der Waals surface area contributed by atoms with Gasteiger partial charge in [0.15, 0.2) is 0 Å². The van der Waals surface area contributed by atoms with E-state index in [1.54, 1.807) is 12.4 Å². The fourth-order valence-electron chi connectivity index (χ4n) is 2.38. The molecule has 94 valence electrons. The minimum atomic E-state index is 0.542. The van der Waals surface area contributed by atoms with Gasteiger partial charge in [0, 0.05) is 37.6 Å². The summed E-state index contributed by atoms with van der Waals surface area (Å²) in [6.07, 6.45) is 6.04. The molecule has 2 heterocycles. The molecule has 4 heteroatoms. The molecule has 1 N–H and O–H groups in total. The van der Waals surface area contributed by atoms with Crippen molar-refractivity contribution in [2.45, 2.75) is 45.7 Å². The highest BCUT2D eigenvalue weighted by molar-refractivity contribution is 5.44. The molecule has 1 aliphatic rings. The van der Waals surface area contributed by atoms with Gasteiger partial charge in [-0.15, -0.1) is 0 Å². The van der Waals surface area contributed by atoms with Crippen LogP contribution in [0.5, 0.6) is 0 Å². The van der Waals surface area contributed by atoms with Gasteiger partial charge in [-0.2, -0.15) is 0 Å². The quantitative estimate of drug-likeness (QED) is 0.861. The van der Waals surface area contributed by atoms with E-state index in [-0.39, 0.29) is 0 Å². The summed E-state index contributed by atoms with van der Waals surface area (Å²) in [5, 5.41) is 3.52. The average molecular weight is 234 g/mol. The number of rotatable bonds is 4. The molecule has 4 nitrogen and oxygen atoms in total. The highest BCUT2D eigenvalue weighted by atomic mass is 15.2. The van der Waals surface area contributed by atoms with Crippen LogP contribution in [-0.2, 0) is 0 Å². The van der Waals surface area contributed by atoms with E-state index in [0.29, 0.717) is 12.1 Å². The van der Waals surface area contributed by atoms with E-state index in [2.05, 4.69) is 34.0 Å². The molecule has 0 radical (unpaired) electrons. The van der Waals surface area contributed by atoms with Gasteiger partial charge in [0.25, 0.3) is 0 Å². The number of nitrogens with one attached hydrogen (secondary N) is 1. The summed E-state index contributed by atoms with van der Waals surface area (Å²) in [5.74, 6) is 1.06. The van der Waals surface area contributed by atoms with E-state index in [0.717, 1.165) is 24.6 Å². The van der Waals surface area contributed by atoms with E-state index < -0.39 is 0 Å². The lowest BCUT2D eigenvalue weighted by molar-refractivity contribution is 0.522. The highest BCUT2D eigenvalue weighted by Crippen LogP contribution is 2.24. The van der Waals surface area contributed by atoms with Crippen LogP contribution in [0.15, 0.2) is 12.4 Å². The molecule has 2 rings (SSSR count). The van der Waals surface area contributed by atoms with E-state index in [4.69, 9.17) is 0 Å². The number of hydrogen-bond donors (Lipinski definition) is 1. The topological polar surface area (TPSA) is 41.1 Å². The highest BCUT2D eigenvalue weighted by Gasteiger charge is 2.26. The fraction of sp³-hybridized carbons (Fsp3) is 0.692. The zero-order valence-electron chi connectivity index (χ0n) is 11.0. The van der Waals surface area contributed by atoms with Gasteiger partial charge in [-0.1, -0.05) is 13.8 Å². The standard InChI is InChI=1S/C13H22N4/c1-10(2)16-9-12-5-4-8-17(12)13-11(3)14-6-7-15-13/h6-7,10,12,16H,4-5,8-9H2,1-3H3. The Morgan fingerprint density at radius 2 is 2.18 bits per heavy atom. The van der Waals surface area contributed by atoms with Crippen molar-refractivity contribution >= 4 is 5.82 Å². The Balaban J connectivity index is 2.07. The normalized spacial score (nSPS) is 20.2. The molecule has 1 aromatic heterocycles. The van der Waals surface area contributed by atoms with Gasteiger partial charge in [-0.25, -0.2) is 4.98 Å². The predicted octanol–water partition coefficient (Wildman–Crippen LogP) is 1.75. The van der Waals surface area contributed by atoms with Crippen molar-refractivity contribution in [3.8, 4) is 0 Å². The van der Waals surface area contributed by atoms with Crippen LogP contribution in [0.2, 0.25) is 0 Å². The van der Waals surface area contributed by atoms with Crippen molar-refractivity contribution in [2.75, 3.05) is 18.0 Å². The Labute approximate surface area is 103 Å². The third-order valence-corrected chi connectivity index (χ3v) is 3.27. The largest absolute Gasteiger partial charge is 0.351 e. The minimum Gasteiger partial charge on any atom is -0.351 e. The van der Waals surface area contributed by atoms with Crippen LogP contribution < -0.4 is 10.2 Å². The Bertz CT molecular complexity index is 364. The van der Waals surface area contributed by atoms with Crippen LogP contribution in [0.25, 0.3) is 0 Å². The molecule has 0 amide bonds. The molecule has 0 aromatic carbocycles. The van der Waals surface area contributed by atoms with Crippen LogP contribution in [-0.4, -0.2) is 35.1 Å². The average Bonchev–Trinajstić information content (AvgIpc) is 2.75. The van der Waals surface area contributed by atoms with Gasteiger partial charge in [0.05, 0.1) is 5.69 Å². The molecule has 0 spiro atoms. The summed E-state index contributed by atoms with van der Waals surface area (Å²) in [4.78, 5) is 11.2. The zero-order valence-corrected chi connectivity index (χ0v) is 11.0. The first-order chi connectivity index (χ1) is 8.18. The SMILES string of the molecule is Cc1nccnc1N1CCCC1CNC(C)C. The van der Waals surface area contributed by atoms with Crippen molar-refractivity contribution < 1.29 is 0 Å². The first-order valence-corrected chi connectivity index (χ1v) is 6.46. The van der Waals surface area contributed by atoms with Crippen molar-refractivity contribution in [3.05, 3.63) is 18.1 Å². The first-order valence-electron chi connectivity index (χ1n) is 6.46. The van der Waals surface area contributed by atoms with E-state index in [9.17, 15) is 0 Å². The number of aromatic nitrogens is 2. The summed E-state index contributed by atoms with van der Waals surface area (Å²) >= 11 is 0. The Hall–Kier alpha value is -1.16. The summed E-state index contributed by atoms with van der Waals surface area (Å²) in [7, 11) is 0. The molecular formula is C13H22N4. The van der Waals surface area contributed by atoms with Crippen molar-refractivity contribution in [1.29, 1.82) is 0 Å². The second kappa shape index (κ2) is 5.45. The van der Waals surface area contributed by atoms with Crippen LogP contribution in [0, 0.1) is 6.92 Å². The van der Waals surface area contributed by atoms with Crippen LogP contribution in [0.4, 0.5) is 5.82 Å². The maximum atomic E-state index is 4.47. The summed E-state index contributed by atoms with van der Waals surface area (Å²) in [6, 6.07) is 1.10. The lowest BCUT2D eigenvalue weighted by atomic mass is 10.2. The van der Waals surface area contributed by atoms with Crippen molar-refractivity contribution in [1.82, 2.24) is 15.3 Å². The van der Waals surface area contributed by atoms with Gasteiger partial charge in [0.2, 0.25) is 0 Å². The molecule has 1 aromatic rings. The molecule has 1 saturated heterocycles. The lowest BCUT2D eigenvalue weighted by Crippen LogP contribution is -2.41. The van der Waals surface area contributed by atoms with E-state index in [1.165, 1.54) is 12.8 Å². The lowest BCUT2D eigenvalue weighted by Gasteiger charge is -2.27. The Kier molecular flexibility index (Phi) is 3.94. The first kappa shape index (κ1) is 12.3. The third kappa shape index (κ3) is 2.94. The van der Waals surface area contributed by atoms with Gasteiger partial charge in [-0.05, 0) is 19.8 Å². The summed E-state index contributed by atoms with van der Waals surface area (Å²) < 4.78 is 0. The maximum Gasteiger partial charge on any atom is 0.150 e. The monoisotopic (exact) mass is 234 g/mol. The molecule has 1 aliphatic heterocycles. The zero-order chi connectivity index (χ0) is 12.3. The number of anilines is 1. The molecule has 1 atom stereocenters. The predicted molar refractivity (Wildman–Crippen MR) is 70.3 cm³/mol. The molecule has 1 fully saturated rings. The fourth-order valence-corrected chi connectivity index (χ4v) is 2.38. The van der Waals surface area contributed by atoms with Gasteiger partial charge >= 0.3 is 0 Å². The third-order valence-electron chi connectivity index (χ3n) is 3.27. The maximum absolute atomic E-state index is 4.47. The molecule has 1 unspecified atom stereocenters. The molecule has 0 bridgehead atoms. The second-order valence-corrected chi connectivity index (χ2v) is 5.02. The van der Waals surface area contributed by atoms with E-state index >= 15 is 0 Å². The van der Waals surface area contributed by atoms with Crippen molar-refractivity contribution in [2.24, 2.45) is 0 Å². The molecule has 0 saturated carbocycles. The summed E-state index contributed by atoms with van der Waals surface area (Å²) in [6.45, 7) is 8.55. The van der Waals surface area contributed by atoms with E-state index in [1.807, 2.05) is 6.92 Å². The molecular weight excluding hydrogens is 212 g/mol. The summed E-state index contributed by atoms with van der Waals surface area (Å²) in [5.41, 5.74) is 1.03. The second-order valence-electron chi connectivity index (χ2n) is 5.02. The van der Waals surface area contributed by atoms with Gasteiger partial charge in [-0.3, -0.25) is 4.98 Å². The Morgan fingerprint density at radius 3 is 2.88 bits per heavy atom. The van der Waals surface area contributed by atoms with Crippen LogP contribution in [0.1, 0.15) is 32.4 Å². The van der Waals surface area contributed by atoms with Gasteiger partial charge in [0.1, 0.15) is 5.82 Å². The molecule has 17 heavy (non-hydrogen) atoms. The minimum absolute atomic E-state index is 0.542. The molecule has 0 aliphatic carbocycles. The van der Waals surface area contributed by atoms with Crippen LogP contribution in [0.3, 0.4) is 0 Å². The van der Waals surface area contributed by atoms with Gasteiger partial charge < -0.3 is 10.2 Å². The Morgan fingerprint density at radius 1 is 1.41 bits per heavy atom. The van der Waals surface area contributed by atoms with Crippen LogP contribution >= 0.6 is 0 Å². The number of aryl methyl sites for hydroxylation is 1. The smallest absolute Gasteiger partial charge is 0.150 e. The van der Waals surface area contributed by atoms with Crippen molar-refractivity contribution in [3.63, 3.8) is 0 Å². The number of hydrogen-bond acceptors (Lipinski definition) is 4.